The number of aromatic nitrogens is 3. The van der Waals surface area contributed by atoms with Crippen LogP contribution < -0.4 is 5.73 Å². The number of pyridine rings is 1. The molecule has 0 aromatic carbocycles. The lowest BCUT2D eigenvalue weighted by Gasteiger charge is -2.36. The Morgan fingerprint density at radius 3 is 2.62 bits per heavy atom. The highest BCUT2D eigenvalue weighted by Crippen LogP contribution is 2.38. The van der Waals surface area contributed by atoms with Crippen molar-refractivity contribution in [2.75, 3.05) is 12.3 Å². The summed E-state index contributed by atoms with van der Waals surface area (Å²) in [5.74, 6) is 0.665. The molecule has 0 unspecified atom stereocenters. The molecule has 0 spiro atoms. The summed E-state index contributed by atoms with van der Waals surface area (Å²) in [6.07, 6.45) is 1.68. The first-order valence-corrected chi connectivity index (χ1v) is 12.4. The zero-order valence-electron chi connectivity index (χ0n) is 15.1. The van der Waals surface area contributed by atoms with E-state index in [1.807, 2.05) is 6.07 Å². The Morgan fingerprint density at radius 1 is 1.33 bits per heavy atom. The molecular weight excluding hydrogens is 404 g/mol. The molecular formula is C16H25BrN4OSSi. The number of nitrogens with zero attached hydrogens (tertiary/aromatic N) is 3. The van der Waals surface area contributed by atoms with Crippen molar-refractivity contribution in [1.29, 1.82) is 0 Å². The molecule has 132 valence electrons. The Bertz CT molecular complexity index is 714. The predicted octanol–water partition coefficient (Wildman–Crippen LogP) is 5.07. The summed E-state index contributed by atoms with van der Waals surface area (Å²) >= 11 is 4.96. The predicted molar refractivity (Wildman–Crippen MR) is 107 cm³/mol. The average Bonchev–Trinajstić information content (AvgIpc) is 2.96. The highest BCUT2D eigenvalue weighted by Gasteiger charge is 2.37. The number of rotatable bonds is 5. The van der Waals surface area contributed by atoms with Crippen molar-refractivity contribution >= 4 is 41.4 Å². The minimum absolute atomic E-state index is 0.201. The molecule has 2 aromatic rings. The highest BCUT2D eigenvalue weighted by atomic mass is 79.9. The quantitative estimate of drug-likeness (QED) is 0.672. The zero-order valence-corrected chi connectivity index (χ0v) is 18.5. The van der Waals surface area contributed by atoms with Gasteiger partial charge in [-0.2, -0.15) is 0 Å². The Balaban J connectivity index is 2.12. The molecule has 0 aliphatic heterocycles. The van der Waals surface area contributed by atoms with E-state index in [0.717, 1.165) is 20.1 Å². The van der Waals surface area contributed by atoms with Gasteiger partial charge in [0.15, 0.2) is 13.3 Å². The van der Waals surface area contributed by atoms with E-state index >= 15 is 0 Å². The van der Waals surface area contributed by atoms with Crippen molar-refractivity contribution in [3.05, 3.63) is 21.7 Å². The second-order valence-electron chi connectivity index (χ2n) is 7.50. The van der Waals surface area contributed by atoms with Crippen LogP contribution >= 0.6 is 27.3 Å². The largest absolute Gasteiger partial charge is 0.416 e. The average molecular weight is 429 g/mol. The van der Waals surface area contributed by atoms with Crippen LogP contribution in [0.5, 0.6) is 0 Å². The minimum Gasteiger partial charge on any atom is -0.416 e. The van der Waals surface area contributed by atoms with Gasteiger partial charge >= 0.3 is 0 Å². The van der Waals surface area contributed by atoms with Crippen LogP contribution in [0.2, 0.25) is 18.1 Å². The van der Waals surface area contributed by atoms with Gasteiger partial charge in [-0.15, -0.1) is 10.2 Å². The van der Waals surface area contributed by atoms with Gasteiger partial charge in [-0.1, -0.05) is 39.0 Å². The molecule has 0 radical (unpaired) electrons. The van der Waals surface area contributed by atoms with E-state index in [2.05, 4.69) is 71.9 Å². The maximum absolute atomic E-state index is 6.30. The second-order valence-corrected chi connectivity index (χ2v) is 14.2. The van der Waals surface area contributed by atoms with Crippen molar-refractivity contribution in [1.82, 2.24) is 15.2 Å². The van der Waals surface area contributed by atoms with Crippen LogP contribution in [0, 0.1) is 0 Å². The molecule has 5 nitrogen and oxygen atoms in total. The maximum Gasteiger partial charge on any atom is 0.192 e. The first-order valence-electron chi connectivity index (χ1n) is 7.90. The topological polar surface area (TPSA) is 73.9 Å². The lowest BCUT2D eigenvalue weighted by Crippen LogP contribution is -2.41. The van der Waals surface area contributed by atoms with Gasteiger partial charge in [-0.25, -0.2) is 4.98 Å². The molecule has 0 aliphatic carbocycles. The Kier molecular flexibility index (Phi) is 5.84. The van der Waals surface area contributed by atoms with Gasteiger partial charge in [0.25, 0.3) is 0 Å². The first-order chi connectivity index (χ1) is 11.0. The number of hydrogen-bond donors (Lipinski definition) is 1. The molecule has 0 fully saturated rings. The lowest BCUT2D eigenvalue weighted by atomic mass is 10.2. The van der Waals surface area contributed by atoms with Crippen molar-refractivity contribution in [3.8, 4) is 10.6 Å². The first kappa shape index (κ1) is 19.5. The van der Waals surface area contributed by atoms with E-state index in [1.165, 1.54) is 0 Å². The molecule has 2 heterocycles. The van der Waals surface area contributed by atoms with E-state index in [9.17, 15) is 0 Å². The Labute approximate surface area is 157 Å². The van der Waals surface area contributed by atoms with Crippen LogP contribution in [0.25, 0.3) is 10.6 Å². The second kappa shape index (κ2) is 7.19. The van der Waals surface area contributed by atoms with E-state index in [4.69, 9.17) is 10.2 Å². The standard InChI is InChI=1S/C16H25BrN4OSSi/c1-10(9-22-24(5,6)16(2,3)4)14-20-21-15(23-14)12-7-11(17)8-19-13(12)18/h7-8,10H,9H2,1-6H3,(H2,18,19)/t10-/m0/s1. The van der Waals surface area contributed by atoms with Gasteiger partial charge in [-0.05, 0) is 40.1 Å². The smallest absolute Gasteiger partial charge is 0.192 e. The number of halogens is 1. The third-order valence-corrected chi connectivity index (χ3v) is 10.6. The van der Waals surface area contributed by atoms with Gasteiger partial charge in [0.05, 0.1) is 5.56 Å². The van der Waals surface area contributed by atoms with Gasteiger partial charge in [0.1, 0.15) is 10.8 Å². The number of anilines is 1. The van der Waals surface area contributed by atoms with Crippen LogP contribution in [0.1, 0.15) is 38.6 Å². The number of nitrogen functional groups attached to an aromatic ring is 1. The zero-order chi connectivity index (χ0) is 18.1. The fraction of sp³-hybridized carbons (Fsp3) is 0.562. The molecule has 2 rings (SSSR count). The summed E-state index contributed by atoms with van der Waals surface area (Å²) < 4.78 is 7.17. The van der Waals surface area contributed by atoms with Gasteiger partial charge < -0.3 is 10.2 Å². The molecule has 2 aromatic heterocycles. The maximum atomic E-state index is 6.30. The van der Waals surface area contributed by atoms with E-state index < -0.39 is 8.32 Å². The molecule has 0 amide bonds. The fourth-order valence-electron chi connectivity index (χ4n) is 1.78. The summed E-state index contributed by atoms with van der Waals surface area (Å²) in [5, 5.41) is 10.6. The van der Waals surface area contributed by atoms with Gasteiger partial charge in [-0.3, -0.25) is 0 Å². The Hall–Kier alpha value is -0.833. The van der Waals surface area contributed by atoms with Crippen LogP contribution in [-0.2, 0) is 4.43 Å². The van der Waals surface area contributed by atoms with Crippen molar-refractivity contribution < 1.29 is 4.43 Å². The molecule has 0 saturated carbocycles. The Morgan fingerprint density at radius 2 is 2.00 bits per heavy atom. The van der Waals surface area contributed by atoms with E-state index in [1.54, 1.807) is 17.5 Å². The molecule has 0 saturated heterocycles. The summed E-state index contributed by atoms with van der Waals surface area (Å²) in [7, 11) is -1.75. The molecule has 8 heteroatoms. The number of nitrogens with two attached hydrogens (primary N) is 1. The van der Waals surface area contributed by atoms with E-state index in [0.29, 0.717) is 12.4 Å². The van der Waals surface area contributed by atoms with Crippen molar-refractivity contribution in [2.24, 2.45) is 0 Å². The van der Waals surface area contributed by atoms with Gasteiger partial charge in [0.2, 0.25) is 0 Å². The fourth-order valence-corrected chi connectivity index (χ4v) is 4.12. The molecule has 0 aliphatic rings. The lowest BCUT2D eigenvalue weighted by molar-refractivity contribution is 0.268. The monoisotopic (exact) mass is 428 g/mol. The summed E-state index contributed by atoms with van der Waals surface area (Å²) in [6, 6.07) is 1.92. The summed E-state index contributed by atoms with van der Waals surface area (Å²) in [5.41, 5.74) is 6.77. The van der Waals surface area contributed by atoms with Crippen LogP contribution in [-0.4, -0.2) is 30.1 Å². The molecule has 24 heavy (non-hydrogen) atoms. The summed E-state index contributed by atoms with van der Waals surface area (Å²) in [4.78, 5) is 4.16. The third kappa shape index (κ3) is 4.41. The van der Waals surface area contributed by atoms with Crippen LogP contribution in [0.4, 0.5) is 5.82 Å². The SMILES string of the molecule is C[C@@H](CO[Si](C)(C)C(C)(C)C)c1nnc(-c2cc(Br)cnc2N)s1. The molecule has 0 bridgehead atoms. The number of hydrogen-bond acceptors (Lipinski definition) is 6. The van der Waals surface area contributed by atoms with Crippen LogP contribution in [0.15, 0.2) is 16.7 Å². The van der Waals surface area contributed by atoms with Crippen LogP contribution in [0.3, 0.4) is 0 Å². The van der Waals surface area contributed by atoms with Gasteiger partial charge in [0, 0.05) is 23.2 Å². The van der Waals surface area contributed by atoms with Crippen molar-refractivity contribution in [2.45, 2.75) is 51.7 Å². The normalized spacial score (nSPS) is 14.0. The molecule has 2 N–H and O–H groups in total. The van der Waals surface area contributed by atoms with Crippen molar-refractivity contribution in [3.63, 3.8) is 0 Å². The third-order valence-electron chi connectivity index (χ3n) is 4.48. The van der Waals surface area contributed by atoms with E-state index in [-0.39, 0.29) is 11.0 Å². The summed E-state index contributed by atoms with van der Waals surface area (Å²) in [6.45, 7) is 14.1. The molecule has 1 atom stereocenters. The minimum atomic E-state index is -1.75. The highest BCUT2D eigenvalue weighted by molar-refractivity contribution is 9.10.